The Labute approximate surface area is 108 Å². The Morgan fingerprint density at radius 1 is 1.44 bits per heavy atom. The molecule has 1 amide bonds. The maximum absolute atomic E-state index is 12.3. The van der Waals surface area contributed by atoms with Crippen molar-refractivity contribution < 1.29 is 9.53 Å². The summed E-state index contributed by atoms with van der Waals surface area (Å²) in [5.41, 5.74) is 0.924. The van der Waals surface area contributed by atoms with Gasteiger partial charge in [-0.05, 0) is 25.1 Å². The number of benzene rings is 1. The molecule has 1 aromatic rings. The van der Waals surface area contributed by atoms with Crippen LogP contribution < -0.4 is 15.0 Å². The quantitative estimate of drug-likeness (QED) is 0.865. The van der Waals surface area contributed by atoms with Crippen molar-refractivity contribution in [1.82, 2.24) is 5.32 Å². The number of anilines is 1. The molecule has 98 valence electrons. The van der Waals surface area contributed by atoms with E-state index >= 15 is 0 Å². The van der Waals surface area contributed by atoms with E-state index in [1.54, 1.807) is 7.11 Å². The number of ether oxygens (including phenoxy) is 1. The highest BCUT2D eigenvalue weighted by Crippen LogP contribution is 2.23. The number of methoxy groups -OCH3 is 1. The SMILES string of the molecule is COc1cccc(N2CCCNCC(C)C2=O)c1. The van der Waals surface area contributed by atoms with E-state index in [0.29, 0.717) is 0 Å². The van der Waals surface area contributed by atoms with Crippen molar-refractivity contribution in [2.45, 2.75) is 13.3 Å². The van der Waals surface area contributed by atoms with Crippen LogP contribution in [0.2, 0.25) is 0 Å². The summed E-state index contributed by atoms with van der Waals surface area (Å²) >= 11 is 0. The van der Waals surface area contributed by atoms with Crippen LogP contribution in [0.4, 0.5) is 5.69 Å². The number of amides is 1. The third-order valence-corrected chi connectivity index (χ3v) is 3.24. The van der Waals surface area contributed by atoms with Crippen molar-refractivity contribution >= 4 is 11.6 Å². The number of hydrogen-bond acceptors (Lipinski definition) is 3. The second-order valence-electron chi connectivity index (χ2n) is 4.65. The van der Waals surface area contributed by atoms with Gasteiger partial charge < -0.3 is 15.0 Å². The van der Waals surface area contributed by atoms with E-state index in [4.69, 9.17) is 4.74 Å². The molecular weight excluding hydrogens is 228 g/mol. The maximum atomic E-state index is 12.3. The van der Waals surface area contributed by atoms with Crippen molar-refractivity contribution in [1.29, 1.82) is 0 Å². The lowest BCUT2D eigenvalue weighted by atomic mass is 10.1. The summed E-state index contributed by atoms with van der Waals surface area (Å²) < 4.78 is 5.21. The molecule has 1 fully saturated rings. The topological polar surface area (TPSA) is 41.6 Å². The van der Waals surface area contributed by atoms with E-state index in [9.17, 15) is 4.79 Å². The highest BCUT2D eigenvalue weighted by atomic mass is 16.5. The van der Waals surface area contributed by atoms with Crippen molar-refractivity contribution in [3.8, 4) is 5.75 Å². The summed E-state index contributed by atoms with van der Waals surface area (Å²) in [6.45, 7) is 4.43. The van der Waals surface area contributed by atoms with Gasteiger partial charge in [0, 0.05) is 30.8 Å². The molecule has 1 unspecified atom stereocenters. The number of carbonyl (C=O) groups excluding carboxylic acids is 1. The number of carbonyl (C=O) groups is 1. The molecule has 1 heterocycles. The lowest BCUT2D eigenvalue weighted by molar-refractivity contribution is -0.122. The van der Waals surface area contributed by atoms with Crippen LogP contribution in [0.25, 0.3) is 0 Å². The Morgan fingerprint density at radius 2 is 2.28 bits per heavy atom. The lowest BCUT2D eigenvalue weighted by Gasteiger charge is -2.28. The highest BCUT2D eigenvalue weighted by molar-refractivity contribution is 5.95. The van der Waals surface area contributed by atoms with Gasteiger partial charge in [-0.25, -0.2) is 0 Å². The van der Waals surface area contributed by atoms with E-state index in [2.05, 4.69) is 5.32 Å². The summed E-state index contributed by atoms with van der Waals surface area (Å²) in [6, 6.07) is 7.69. The first-order valence-corrected chi connectivity index (χ1v) is 6.38. The van der Waals surface area contributed by atoms with E-state index in [0.717, 1.165) is 37.5 Å². The van der Waals surface area contributed by atoms with Crippen molar-refractivity contribution in [2.24, 2.45) is 5.92 Å². The molecule has 1 saturated heterocycles. The average molecular weight is 248 g/mol. The van der Waals surface area contributed by atoms with Crippen LogP contribution in [-0.2, 0) is 4.79 Å². The summed E-state index contributed by atoms with van der Waals surface area (Å²) in [6.07, 6.45) is 0.968. The van der Waals surface area contributed by atoms with Gasteiger partial charge in [-0.2, -0.15) is 0 Å². The zero-order chi connectivity index (χ0) is 13.0. The Hall–Kier alpha value is -1.55. The molecular formula is C14H20N2O2. The second kappa shape index (κ2) is 5.87. The molecule has 0 aromatic heterocycles. The van der Waals surface area contributed by atoms with Crippen LogP contribution in [0, 0.1) is 5.92 Å². The first-order valence-electron chi connectivity index (χ1n) is 6.38. The zero-order valence-electron chi connectivity index (χ0n) is 11.0. The second-order valence-corrected chi connectivity index (χ2v) is 4.65. The molecule has 0 radical (unpaired) electrons. The van der Waals surface area contributed by atoms with Gasteiger partial charge in [0.05, 0.1) is 7.11 Å². The summed E-state index contributed by atoms with van der Waals surface area (Å²) in [4.78, 5) is 14.2. The number of rotatable bonds is 2. The highest BCUT2D eigenvalue weighted by Gasteiger charge is 2.23. The van der Waals surface area contributed by atoms with E-state index in [-0.39, 0.29) is 11.8 Å². The number of hydrogen-bond donors (Lipinski definition) is 1. The molecule has 0 saturated carbocycles. The van der Waals surface area contributed by atoms with Crippen LogP contribution in [-0.4, -0.2) is 32.7 Å². The lowest BCUT2D eigenvalue weighted by Crippen LogP contribution is -2.43. The predicted octanol–water partition coefficient (Wildman–Crippen LogP) is 1.66. The third-order valence-electron chi connectivity index (χ3n) is 3.24. The fraction of sp³-hybridized carbons (Fsp3) is 0.500. The third kappa shape index (κ3) is 2.82. The fourth-order valence-electron chi connectivity index (χ4n) is 2.18. The van der Waals surface area contributed by atoms with Crippen LogP contribution in [0.15, 0.2) is 24.3 Å². The summed E-state index contributed by atoms with van der Waals surface area (Å²) in [5.74, 6) is 0.972. The van der Waals surface area contributed by atoms with Gasteiger partial charge in [0.1, 0.15) is 5.75 Å². The van der Waals surface area contributed by atoms with E-state index in [1.165, 1.54) is 0 Å². The molecule has 1 aliphatic heterocycles. The van der Waals surface area contributed by atoms with Crippen LogP contribution >= 0.6 is 0 Å². The zero-order valence-corrected chi connectivity index (χ0v) is 11.0. The maximum Gasteiger partial charge on any atom is 0.231 e. The van der Waals surface area contributed by atoms with Gasteiger partial charge in [0.15, 0.2) is 0 Å². The number of nitrogens with one attached hydrogen (secondary N) is 1. The standard InChI is InChI=1S/C14H20N2O2/c1-11-10-15-7-4-8-16(14(11)17)12-5-3-6-13(9-12)18-2/h3,5-6,9,11,15H,4,7-8,10H2,1-2H3. The van der Waals surface area contributed by atoms with E-state index in [1.807, 2.05) is 36.1 Å². The fourth-order valence-corrected chi connectivity index (χ4v) is 2.18. The predicted molar refractivity (Wildman–Crippen MR) is 72.0 cm³/mol. The van der Waals surface area contributed by atoms with Gasteiger partial charge in [-0.1, -0.05) is 13.0 Å². The van der Waals surface area contributed by atoms with Crippen LogP contribution in [0.3, 0.4) is 0 Å². The molecule has 4 nitrogen and oxygen atoms in total. The van der Waals surface area contributed by atoms with E-state index < -0.39 is 0 Å². The average Bonchev–Trinajstić information content (AvgIpc) is 2.40. The summed E-state index contributed by atoms with van der Waals surface area (Å²) in [7, 11) is 1.64. The summed E-state index contributed by atoms with van der Waals surface area (Å²) in [5, 5.41) is 3.29. The van der Waals surface area contributed by atoms with Crippen LogP contribution in [0.1, 0.15) is 13.3 Å². The Balaban J connectivity index is 2.24. The first kappa shape index (κ1) is 12.9. The van der Waals surface area contributed by atoms with Gasteiger partial charge in [-0.15, -0.1) is 0 Å². The normalized spacial score (nSPS) is 21.3. The molecule has 1 atom stereocenters. The minimum absolute atomic E-state index is 0.0106. The largest absolute Gasteiger partial charge is 0.497 e. The molecule has 0 bridgehead atoms. The monoisotopic (exact) mass is 248 g/mol. The minimum Gasteiger partial charge on any atom is -0.497 e. The Kier molecular flexibility index (Phi) is 4.20. The molecule has 1 N–H and O–H groups in total. The smallest absolute Gasteiger partial charge is 0.231 e. The van der Waals surface area contributed by atoms with Gasteiger partial charge in [0.2, 0.25) is 5.91 Å². The molecule has 1 aromatic carbocycles. The number of nitrogens with zero attached hydrogens (tertiary/aromatic N) is 1. The Bertz CT molecular complexity index is 420. The van der Waals surface area contributed by atoms with Crippen LogP contribution in [0.5, 0.6) is 5.75 Å². The molecule has 4 heteroatoms. The molecule has 0 aliphatic carbocycles. The molecule has 2 rings (SSSR count). The molecule has 0 spiro atoms. The van der Waals surface area contributed by atoms with Crippen molar-refractivity contribution in [3.05, 3.63) is 24.3 Å². The molecule has 1 aliphatic rings. The van der Waals surface area contributed by atoms with Crippen molar-refractivity contribution in [2.75, 3.05) is 31.6 Å². The van der Waals surface area contributed by atoms with Gasteiger partial charge >= 0.3 is 0 Å². The first-order chi connectivity index (χ1) is 8.72. The van der Waals surface area contributed by atoms with Gasteiger partial charge in [0.25, 0.3) is 0 Å². The molecule has 18 heavy (non-hydrogen) atoms. The van der Waals surface area contributed by atoms with Crippen molar-refractivity contribution in [3.63, 3.8) is 0 Å². The minimum atomic E-state index is 0.0106. The Morgan fingerprint density at radius 3 is 3.06 bits per heavy atom. The van der Waals surface area contributed by atoms with Gasteiger partial charge in [-0.3, -0.25) is 4.79 Å².